The van der Waals surface area contributed by atoms with Crippen molar-refractivity contribution in [2.75, 3.05) is 10.6 Å². The molecule has 142 valence electrons. The van der Waals surface area contributed by atoms with E-state index in [4.69, 9.17) is 0 Å². The standard InChI is InChI=1S/C22H22N4O2/c1-15-14-16(2)24-22(23-15)26-19-10-8-18(9-11-19)25-21(28)13-12-20(27)17-6-4-3-5-7-17/h3-11,14H,12-13H2,1-2H3,(H,25,28)(H,23,24,26). The first kappa shape index (κ1) is 19.2. The van der Waals surface area contributed by atoms with E-state index in [0.717, 1.165) is 17.1 Å². The van der Waals surface area contributed by atoms with Crippen LogP contribution in [0.2, 0.25) is 0 Å². The van der Waals surface area contributed by atoms with Crippen molar-refractivity contribution in [3.8, 4) is 0 Å². The van der Waals surface area contributed by atoms with Crippen molar-refractivity contribution in [1.82, 2.24) is 9.97 Å². The molecule has 0 radical (unpaired) electrons. The van der Waals surface area contributed by atoms with Gasteiger partial charge in [0.25, 0.3) is 0 Å². The number of hydrogen-bond donors (Lipinski definition) is 2. The second-order valence-electron chi connectivity index (χ2n) is 6.51. The van der Waals surface area contributed by atoms with Crippen molar-refractivity contribution in [3.05, 3.63) is 77.6 Å². The molecule has 2 aromatic carbocycles. The maximum absolute atomic E-state index is 12.1. The Kier molecular flexibility index (Phi) is 6.11. The predicted octanol–water partition coefficient (Wildman–Crippen LogP) is 4.44. The minimum atomic E-state index is -0.192. The lowest BCUT2D eigenvalue weighted by atomic mass is 10.1. The Morgan fingerprint density at radius 1 is 0.821 bits per heavy atom. The Morgan fingerprint density at radius 2 is 1.43 bits per heavy atom. The minimum absolute atomic E-state index is 0.0382. The van der Waals surface area contributed by atoms with Crippen LogP contribution < -0.4 is 10.6 Å². The van der Waals surface area contributed by atoms with Crippen molar-refractivity contribution in [1.29, 1.82) is 0 Å². The molecule has 3 aromatic rings. The van der Waals surface area contributed by atoms with Crippen molar-refractivity contribution < 1.29 is 9.59 Å². The van der Waals surface area contributed by atoms with Crippen LogP contribution in [-0.4, -0.2) is 21.7 Å². The Bertz CT molecular complexity index is 949. The number of hydrogen-bond acceptors (Lipinski definition) is 5. The summed E-state index contributed by atoms with van der Waals surface area (Å²) in [6.45, 7) is 3.84. The van der Waals surface area contributed by atoms with E-state index in [2.05, 4.69) is 20.6 Å². The van der Waals surface area contributed by atoms with Gasteiger partial charge in [0.15, 0.2) is 5.78 Å². The smallest absolute Gasteiger partial charge is 0.227 e. The number of carbonyl (C=O) groups is 2. The summed E-state index contributed by atoms with van der Waals surface area (Å²) in [5.41, 5.74) is 3.90. The third-order valence-corrected chi connectivity index (χ3v) is 4.08. The largest absolute Gasteiger partial charge is 0.326 e. The number of benzene rings is 2. The van der Waals surface area contributed by atoms with Crippen LogP contribution in [-0.2, 0) is 4.79 Å². The van der Waals surface area contributed by atoms with Crippen LogP contribution in [0.4, 0.5) is 17.3 Å². The molecule has 1 aromatic heterocycles. The van der Waals surface area contributed by atoms with Crippen LogP contribution in [0.15, 0.2) is 60.7 Å². The molecule has 0 bridgehead atoms. The van der Waals surface area contributed by atoms with Gasteiger partial charge in [-0.2, -0.15) is 0 Å². The van der Waals surface area contributed by atoms with Gasteiger partial charge in [0.05, 0.1) is 0 Å². The summed E-state index contributed by atoms with van der Waals surface area (Å²) < 4.78 is 0. The van der Waals surface area contributed by atoms with Crippen molar-refractivity contribution in [2.24, 2.45) is 0 Å². The summed E-state index contributed by atoms with van der Waals surface area (Å²) in [5, 5.41) is 5.95. The van der Waals surface area contributed by atoms with Crippen LogP contribution in [0.25, 0.3) is 0 Å². The average molecular weight is 374 g/mol. The average Bonchev–Trinajstić information content (AvgIpc) is 2.67. The van der Waals surface area contributed by atoms with Crippen LogP contribution in [0, 0.1) is 13.8 Å². The second-order valence-corrected chi connectivity index (χ2v) is 6.51. The molecule has 0 saturated heterocycles. The molecule has 6 nitrogen and oxygen atoms in total. The van der Waals surface area contributed by atoms with E-state index in [-0.39, 0.29) is 24.5 Å². The summed E-state index contributed by atoms with van der Waals surface area (Å²) in [6.07, 6.45) is 0.323. The van der Waals surface area contributed by atoms with Gasteiger partial charge in [-0.1, -0.05) is 30.3 Å². The van der Waals surface area contributed by atoms with E-state index in [9.17, 15) is 9.59 Å². The summed E-state index contributed by atoms with van der Waals surface area (Å²) >= 11 is 0. The Balaban J connectivity index is 1.52. The number of rotatable bonds is 7. The maximum Gasteiger partial charge on any atom is 0.227 e. The lowest BCUT2D eigenvalue weighted by molar-refractivity contribution is -0.116. The third-order valence-electron chi connectivity index (χ3n) is 4.08. The van der Waals surface area contributed by atoms with E-state index in [1.807, 2.05) is 50.2 Å². The Morgan fingerprint density at radius 3 is 2.07 bits per heavy atom. The molecule has 0 aliphatic carbocycles. The number of nitrogens with zero attached hydrogens (tertiary/aromatic N) is 2. The molecule has 1 amide bonds. The zero-order valence-electron chi connectivity index (χ0n) is 15.9. The van der Waals surface area contributed by atoms with Gasteiger partial charge in [-0.05, 0) is 44.2 Å². The molecule has 0 spiro atoms. The van der Waals surface area contributed by atoms with Crippen LogP contribution >= 0.6 is 0 Å². The Hall–Kier alpha value is -3.54. The molecule has 0 fully saturated rings. The molecular formula is C22H22N4O2. The highest BCUT2D eigenvalue weighted by Crippen LogP contribution is 2.17. The molecule has 28 heavy (non-hydrogen) atoms. The van der Waals surface area contributed by atoms with E-state index in [0.29, 0.717) is 17.2 Å². The number of ketones is 1. The normalized spacial score (nSPS) is 10.4. The zero-order valence-corrected chi connectivity index (χ0v) is 15.9. The highest BCUT2D eigenvalue weighted by Gasteiger charge is 2.09. The molecule has 2 N–H and O–H groups in total. The Labute approximate surface area is 164 Å². The van der Waals surface area contributed by atoms with Crippen LogP contribution in [0.5, 0.6) is 0 Å². The van der Waals surface area contributed by atoms with Gasteiger partial charge >= 0.3 is 0 Å². The maximum atomic E-state index is 12.1. The van der Waals surface area contributed by atoms with Crippen molar-refractivity contribution >= 4 is 29.0 Å². The summed E-state index contributed by atoms with van der Waals surface area (Å²) in [7, 11) is 0. The zero-order chi connectivity index (χ0) is 19.9. The predicted molar refractivity (Wildman–Crippen MR) is 110 cm³/mol. The monoisotopic (exact) mass is 374 g/mol. The van der Waals surface area contributed by atoms with Gasteiger partial charge in [0.1, 0.15) is 0 Å². The topological polar surface area (TPSA) is 84.0 Å². The molecule has 0 unspecified atom stereocenters. The molecular weight excluding hydrogens is 352 g/mol. The first-order valence-corrected chi connectivity index (χ1v) is 9.07. The second kappa shape index (κ2) is 8.90. The van der Waals surface area contributed by atoms with Crippen LogP contribution in [0.3, 0.4) is 0 Å². The number of anilines is 3. The fraction of sp³-hybridized carbons (Fsp3) is 0.182. The quantitative estimate of drug-likeness (QED) is 0.597. The number of aromatic nitrogens is 2. The summed E-state index contributed by atoms with van der Waals surface area (Å²) in [4.78, 5) is 32.9. The van der Waals surface area contributed by atoms with Gasteiger partial charge in [-0.25, -0.2) is 9.97 Å². The van der Waals surface area contributed by atoms with Gasteiger partial charge in [0.2, 0.25) is 11.9 Å². The number of amides is 1. The number of Topliss-reactive ketones (excluding diaryl/α,β-unsaturated/α-hetero) is 1. The lowest BCUT2D eigenvalue weighted by Gasteiger charge is -2.09. The third kappa shape index (κ3) is 5.48. The number of nitrogens with one attached hydrogen (secondary N) is 2. The highest BCUT2D eigenvalue weighted by molar-refractivity contribution is 6.00. The fourth-order valence-corrected chi connectivity index (χ4v) is 2.77. The molecule has 1 heterocycles. The SMILES string of the molecule is Cc1cc(C)nc(Nc2ccc(NC(=O)CCC(=O)c3ccccc3)cc2)n1. The lowest BCUT2D eigenvalue weighted by Crippen LogP contribution is -2.13. The van der Waals surface area contributed by atoms with Crippen LogP contribution in [0.1, 0.15) is 34.6 Å². The van der Waals surface area contributed by atoms with E-state index >= 15 is 0 Å². The van der Waals surface area contributed by atoms with E-state index in [1.165, 1.54) is 0 Å². The molecule has 0 aliphatic rings. The van der Waals surface area contributed by atoms with E-state index < -0.39 is 0 Å². The molecule has 3 rings (SSSR count). The molecule has 6 heteroatoms. The molecule has 0 aliphatic heterocycles. The summed E-state index contributed by atoms with van der Waals surface area (Å²) in [5.74, 6) is 0.306. The van der Waals surface area contributed by atoms with Gasteiger partial charge in [-0.3, -0.25) is 9.59 Å². The fourth-order valence-electron chi connectivity index (χ4n) is 2.77. The van der Waals surface area contributed by atoms with Gasteiger partial charge in [-0.15, -0.1) is 0 Å². The van der Waals surface area contributed by atoms with Gasteiger partial charge in [0, 0.05) is 41.2 Å². The van der Waals surface area contributed by atoms with E-state index in [1.54, 1.807) is 24.3 Å². The first-order chi connectivity index (χ1) is 13.5. The number of aryl methyl sites for hydroxylation is 2. The minimum Gasteiger partial charge on any atom is -0.326 e. The first-order valence-electron chi connectivity index (χ1n) is 9.07. The summed E-state index contributed by atoms with van der Waals surface area (Å²) in [6, 6.07) is 18.2. The van der Waals surface area contributed by atoms with Crippen molar-refractivity contribution in [3.63, 3.8) is 0 Å². The highest BCUT2D eigenvalue weighted by atomic mass is 16.2. The molecule has 0 atom stereocenters. The van der Waals surface area contributed by atoms with Gasteiger partial charge < -0.3 is 10.6 Å². The number of carbonyl (C=O) groups excluding carboxylic acids is 2. The molecule has 0 saturated carbocycles. The van der Waals surface area contributed by atoms with Crippen molar-refractivity contribution in [2.45, 2.75) is 26.7 Å².